The molecule has 3 heterocycles. The molecule has 3 aromatic heterocycles. The van der Waals surface area contributed by atoms with E-state index in [0.29, 0.717) is 16.6 Å². The number of nitrogens with one attached hydrogen (secondary N) is 2. The summed E-state index contributed by atoms with van der Waals surface area (Å²) in [5.74, 6) is -0.717. The van der Waals surface area contributed by atoms with Gasteiger partial charge in [-0.25, -0.2) is 9.37 Å². The van der Waals surface area contributed by atoms with Crippen molar-refractivity contribution >= 4 is 33.5 Å². The van der Waals surface area contributed by atoms with Crippen LogP contribution in [0.1, 0.15) is 16.2 Å². The normalized spacial score (nSPS) is 11.3. The molecule has 4 rings (SSSR count). The number of halogens is 1. The SMILES string of the molecule is Cc1nn(C)c2ncc(NC(=O)c3cc4c(F)cccc4[nH]3)cc12. The molecule has 0 bridgehead atoms. The molecule has 120 valence electrons. The zero-order valence-corrected chi connectivity index (χ0v) is 13.1. The third kappa shape index (κ3) is 2.21. The lowest BCUT2D eigenvalue weighted by Gasteiger charge is -2.03. The Morgan fingerprint density at radius 1 is 1.29 bits per heavy atom. The van der Waals surface area contributed by atoms with Gasteiger partial charge in [0.05, 0.1) is 17.6 Å². The maximum atomic E-state index is 13.7. The lowest BCUT2D eigenvalue weighted by Crippen LogP contribution is -2.12. The Kier molecular flexibility index (Phi) is 3.09. The quantitative estimate of drug-likeness (QED) is 0.595. The summed E-state index contributed by atoms with van der Waals surface area (Å²) in [5, 5.41) is 8.34. The first-order valence-corrected chi connectivity index (χ1v) is 7.41. The lowest BCUT2D eigenvalue weighted by molar-refractivity contribution is 0.102. The molecule has 24 heavy (non-hydrogen) atoms. The fourth-order valence-electron chi connectivity index (χ4n) is 2.82. The third-order valence-corrected chi connectivity index (χ3v) is 3.98. The summed E-state index contributed by atoms with van der Waals surface area (Å²) >= 11 is 0. The number of nitrogens with zero attached hydrogens (tertiary/aromatic N) is 3. The van der Waals surface area contributed by atoms with Crippen LogP contribution in [-0.2, 0) is 7.05 Å². The molecule has 0 aliphatic heterocycles. The van der Waals surface area contributed by atoms with E-state index in [1.165, 1.54) is 12.1 Å². The number of anilines is 1. The largest absolute Gasteiger partial charge is 0.350 e. The summed E-state index contributed by atoms with van der Waals surface area (Å²) in [7, 11) is 1.82. The number of carbonyl (C=O) groups is 1. The van der Waals surface area contributed by atoms with E-state index in [2.05, 4.69) is 20.4 Å². The number of benzene rings is 1. The van der Waals surface area contributed by atoms with Crippen LogP contribution in [0.3, 0.4) is 0 Å². The van der Waals surface area contributed by atoms with Crippen LogP contribution in [0.25, 0.3) is 21.9 Å². The lowest BCUT2D eigenvalue weighted by atomic mass is 10.2. The maximum Gasteiger partial charge on any atom is 0.272 e. The van der Waals surface area contributed by atoms with Crippen LogP contribution in [-0.4, -0.2) is 25.7 Å². The van der Waals surface area contributed by atoms with Gasteiger partial charge in [-0.2, -0.15) is 5.10 Å². The Hall–Kier alpha value is -3.22. The molecule has 0 unspecified atom stereocenters. The fraction of sp³-hybridized carbons (Fsp3) is 0.118. The molecule has 6 nitrogen and oxygen atoms in total. The minimum Gasteiger partial charge on any atom is -0.350 e. The highest BCUT2D eigenvalue weighted by molar-refractivity contribution is 6.06. The number of amides is 1. The van der Waals surface area contributed by atoms with Gasteiger partial charge in [0.25, 0.3) is 5.91 Å². The average molecular weight is 323 g/mol. The van der Waals surface area contributed by atoms with E-state index >= 15 is 0 Å². The van der Waals surface area contributed by atoms with Gasteiger partial charge in [0.2, 0.25) is 0 Å². The van der Waals surface area contributed by atoms with Crippen LogP contribution < -0.4 is 5.32 Å². The summed E-state index contributed by atoms with van der Waals surface area (Å²) in [6.07, 6.45) is 1.57. The predicted molar refractivity (Wildman–Crippen MR) is 89.5 cm³/mol. The molecule has 0 radical (unpaired) electrons. The summed E-state index contributed by atoms with van der Waals surface area (Å²) in [6.45, 7) is 1.89. The van der Waals surface area contributed by atoms with Gasteiger partial charge < -0.3 is 10.3 Å². The van der Waals surface area contributed by atoms with Gasteiger partial charge in [0.15, 0.2) is 5.65 Å². The number of rotatable bonds is 2. The number of hydrogen-bond acceptors (Lipinski definition) is 3. The molecule has 0 spiro atoms. The Morgan fingerprint density at radius 3 is 2.92 bits per heavy atom. The van der Waals surface area contributed by atoms with Gasteiger partial charge >= 0.3 is 0 Å². The number of H-pyrrole nitrogens is 1. The van der Waals surface area contributed by atoms with Gasteiger partial charge in [-0.1, -0.05) is 6.07 Å². The Balaban J connectivity index is 1.67. The van der Waals surface area contributed by atoms with Gasteiger partial charge in [-0.15, -0.1) is 0 Å². The molecule has 0 atom stereocenters. The van der Waals surface area contributed by atoms with Crippen molar-refractivity contribution in [3.8, 4) is 0 Å². The first-order valence-electron chi connectivity index (χ1n) is 7.41. The second kappa shape index (κ2) is 5.16. The fourth-order valence-corrected chi connectivity index (χ4v) is 2.82. The van der Waals surface area contributed by atoms with Crippen molar-refractivity contribution in [1.82, 2.24) is 19.7 Å². The number of aromatic nitrogens is 4. The highest BCUT2D eigenvalue weighted by atomic mass is 19.1. The Labute approximate surface area is 136 Å². The monoisotopic (exact) mass is 323 g/mol. The van der Waals surface area contributed by atoms with Crippen LogP contribution in [0, 0.1) is 12.7 Å². The van der Waals surface area contributed by atoms with Gasteiger partial charge in [0, 0.05) is 23.3 Å². The minimum absolute atomic E-state index is 0.290. The van der Waals surface area contributed by atoms with Crippen LogP contribution in [0.5, 0.6) is 0 Å². The number of hydrogen-bond donors (Lipinski definition) is 2. The van der Waals surface area contributed by atoms with Crippen molar-refractivity contribution in [2.24, 2.45) is 7.05 Å². The molecule has 0 fully saturated rings. The summed E-state index contributed by atoms with van der Waals surface area (Å²) in [4.78, 5) is 19.6. The number of carbonyl (C=O) groups excluding carboxylic acids is 1. The van der Waals surface area contributed by atoms with Crippen LogP contribution in [0.2, 0.25) is 0 Å². The molecule has 1 amide bonds. The van der Waals surface area contributed by atoms with E-state index in [0.717, 1.165) is 16.7 Å². The van der Waals surface area contributed by atoms with Crippen molar-refractivity contribution in [2.75, 3.05) is 5.32 Å². The standard InChI is InChI=1S/C17H14FN5O/c1-9-11-6-10(8-19-16(11)23(2)22-9)20-17(24)15-7-12-13(18)4-3-5-14(12)21-15/h3-8,21H,1-2H3,(H,20,24). The molecule has 0 saturated heterocycles. The molecular formula is C17H14FN5O. The van der Waals surface area contributed by atoms with Crippen molar-refractivity contribution in [2.45, 2.75) is 6.92 Å². The van der Waals surface area contributed by atoms with E-state index in [9.17, 15) is 9.18 Å². The first kappa shape index (κ1) is 14.4. The van der Waals surface area contributed by atoms with Crippen molar-refractivity contribution < 1.29 is 9.18 Å². The second-order valence-corrected chi connectivity index (χ2v) is 5.64. The number of aromatic amines is 1. The van der Waals surface area contributed by atoms with E-state index in [1.807, 2.05) is 20.0 Å². The highest BCUT2D eigenvalue weighted by Crippen LogP contribution is 2.21. The van der Waals surface area contributed by atoms with Gasteiger partial charge in [-0.05, 0) is 31.2 Å². The Bertz CT molecular complexity index is 1100. The number of fused-ring (bicyclic) bond motifs is 2. The summed E-state index contributed by atoms with van der Waals surface area (Å²) < 4.78 is 15.4. The molecule has 0 aliphatic carbocycles. The number of pyridine rings is 1. The van der Waals surface area contributed by atoms with Crippen LogP contribution >= 0.6 is 0 Å². The van der Waals surface area contributed by atoms with Gasteiger partial charge in [0.1, 0.15) is 11.5 Å². The van der Waals surface area contributed by atoms with E-state index in [4.69, 9.17) is 0 Å². The molecule has 0 aliphatic rings. The molecule has 7 heteroatoms. The number of aryl methyl sites for hydroxylation is 2. The molecule has 0 saturated carbocycles. The second-order valence-electron chi connectivity index (χ2n) is 5.64. The maximum absolute atomic E-state index is 13.7. The zero-order valence-electron chi connectivity index (χ0n) is 13.1. The van der Waals surface area contributed by atoms with E-state index in [-0.39, 0.29) is 17.4 Å². The first-order chi connectivity index (χ1) is 11.5. The molecular weight excluding hydrogens is 309 g/mol. The molecule has 4 aromatic rings. The molecule has 1 aromatic carbocycles. The predicted octanol–water partition coefficient (Wildman–Crippen LogP) is 3.15. The summed E-state index contributed by atoms with van der Waals surface area (Å²) in [6, 6.07) is 8.01. The third-order valence-electron chi connectivity index (χ3n) is 3.98. The topological polar surface area (TPSA) is 75.6 Å². The minimum atomic E-state index is -0.364. The average Bonchev–Trinajstić information content (AvgIpc) is 3.11. The van der Waals surface area contributed by atoms with Crippen molar-refractivity contribution in [1.29, 1.82) is 0 Å². The van der Waals surface area contributed by atoms with Gasteiger partial charge in [-0.3, -0.25) is 9.48 Å². The van der Waals surface area contributed by atoms with Crippen molar-refractivity contribution in [3.63, 3.8) is 0 Å². The highest BCUT2D eigenvalue weighted by Gasteiger charge is 2.13. The smallest absolute Gasteiger partial charge is 0.272 e. The molecule has 2 N–H and O–H groups in total. The van der Waals surface area contributed by atoms with E-state index < -0.39 is 0 Å². The van der Waals surface area contributed by atoms with E-state index in [1.54, 1.807) is 23.0 Å². The van der Waals surface area contributed by atoms with Crippen LogP contribution in [0.15, 0.2) is 36.5 Å². The Morgan fingerprint density at radius 2 is 2.12 bits per heavy atom. The zero-order chi connectivity index (χ0) is 16.8. The van der Waals surface area contributed by atoms with Crippen molar-refractivity contribution in [3.05, 3.63) is 53.7 Å². The van der Waals surface area contributed by atoms with Crippen LogP contribution in [0.4, 0.5) is 10.1 Å². The summed E-state index contributed by atoms with van der Waals surface area (Å²) in [5.41, 5.74) is 3.01.